The average Bonchev–Trinajstić information content (AvgIpc) is 3.25. The molecule has 8 nitrogen and oxygen atoms in total. The summed E-state index contributed by atoms with van der Waals surface area (Å²) in [6.07, 6.45) is 7.16. The molecule has 1 aliphatic heterocycles. The molecule has 0 radical (unpaired) electrons. The number of hydrogen-bond donors (Lipinski definition) is 0. The van der Waals surface area contributed by atoms with E-state index in [0.717, 1.165) is 57.1 Å². The highest BCUT2D eigenvalue weighted by Crippen LogP contribution is 2.26. The van der Waals surface area contributed by atoms with Crippen LogP contribution in [0.3, 0.4) is 0 Å². The van der Waals surface area contributed by atoms with E-state index in [9.17, 15) is 4.79 Å². The van der Waals surface area contributed by atoms with Gasteiger partial charge < -0.3 is 14.4 Å². The van der Waals surface area contributed by atoms with Crippen LogP contribution in [0.1, 0.15) is 43.3 Å². The summed E-state index contributed by atoms with van der Waals surface area (Å²) < 4.78 is 3.97. The summed E-state index contributed by atoms with van der Waals surface area (Å²) in [4.78, 5) is 16.7. The number of likely N-dealkylation sites (tertiary alicyclic amines) is 1. The van der Waals surface area contributed by atoms with Crippen LogP contribution in [0.5, 0.6) is 0 Å². The van der Waals surface area contributed by atoms with Crippen molar-refractivity contribution in [2.45, 2.75) is 44.7 Å². The van der Waals surface area contributed by atoms with Gasteiger partial charge in [-0.1, -0.05) is 0 Å². The topological polar surface area (TPSA) is 72.1 Å². The third kappa shape index (κ3) is 4.49. The number of nitrogens with zero attached hydrogens (tertiary/aromatic N) is 7. The first-order chi connectivity index (χ1) is 12.5. The summed E-state index contributed by atoms with van der Waals surface area (Å²) in [6, 6.07) is 1.91. The fourth-order valence-corrected chi connectivity index (χ4v) is 3.55. The van der Waals surface area contributed by atoms with Crippen molar-refractivity contribution in [1.29, 1.82) is 0 Å². The lowest BCUT2D eigenvalue weighted by molar-refractivity contribution is -0.132. The molecule has 0 spiro atoms. The van der Waals surface area contributed by atoms with Gasteiger partial charge in [-0.15, -0.1) is 10.2 Å². The molecule has 3 heterocycles. The van der Waals surface area contributed by atoms with Crippen LogP contribution < -0.4 is 0 Å². The summed E-state index contributed by atoms with van der Waals surface area (Å²) in [6.45, 7) is 3.15. The molecule has 1 saturated heterocycles. The third-order valence-corrected chi connectivity index (χ3v) is 4.93. The van der Waals surface area contributed by atoms with Crippen LogP contribution in [0.25, 0.3) is 0 Å². The summed E-state index contributed by atoms with van der Waals surface area (Å²) in [5.41, 5.74) is 0. The molecule has 3 rings (SSSR count). The van der Waals surface area contributed by atoms with Gasteiger partial charge in [0.15, 0.2) is 0 Å². The lowest BCUT2D eigenvalue weighted by Crippen LogP contribution is -2.39. The Hall–Kier alpha value is -2.22. The molecular weight excluding hydrogens is 330 g/mol. The number of carbonyl (C=O) groups excluding carboxylic acids is 1. The highest BCUT2D eigenvalue weighted by Gasteiger charge is 2.28. The number of aromatic nitrogens is 5. The maximum atomic E-state index is 12.6. The van der Waals surface area contributed by atoms with E-state index in [2.05, 4.69) is 24.8 Å². The summed E-state index contributed by atoms with van der Waals surface area (Å²) in [5.74, 6) is 2.47. The summed E-state index contributed by atoms with van der Waals surface area (Å²) in [5, 5.41) is 12.9. The molecule has 1 amide bonds. The van der Waals surface area contributed by atoms with Crippen molar-refractivity contribution in [2.75, 3.05) is 27.2 Å². The highest BCUT2D eigenvalue weighted by molar-refractivity contribution is 5.76. The molecule has 0 aromatic carbocycles. The van der Waals surface area contributed by atoms with E-state index in [1.165, 1.54) is 0 Å². The second-order valence-electron chi connectivity index (χ2n) is 7.32. The van der Waals surface area contributed by atoms with Crippen LogP contribution in [0.15, 0.2) is 18.5 Å². The van der Waals surface area contributed by atoms with Crippen LogP contribution in [0.2, 0.25) is 0 Å². The zero-order valence-electron chi connectivity index (χ0n) is 16.0. The number of aryl methyl sites for hydroxylation is 1. The molecule has 0 aliphatic carbocycles. The van der Waals surface area contributed by atoms with Crippen molar-refractivity contribution in [3.8, 4) is 0 Å². The Balaban J connectivity index is 1.55. The van der Waals surface area contributed by atoms with E-state index >= 15 is 0 Å². The first-order valence-electron chi connectivity index (χ1n) is 9.32. The predicted octanol–water partition coefficient (Wildman–Crippen LogP) is 1.26. The largest absolute Gasteiger partial charge is 0.342 e. The number of piperidine rings is 1. The van der Waals surface area contributed by atoms with Gasteiger partial charge >= 0.3 is 0 Å². The number of rotatable bonds is 7. The zero-order valence-corrected chi connectivity index (χ0v) is 16.0. The molecule has 8 heteroatoms. The average molecular weight is 359 g/mol. The van der Waals surface area contributed by atoms with Crippen LogP contribution in [-0.4, -0.2) is 67.4 Å². The fourth-order valence-electron chi connectivity index (χ4n) is 3.55. The summed E-state index contributed by atoms with van der Waals surface area (Å²) in [7, 11) is 6.08. The smallest absolute Gasteiger partial charge is 0.222 e. The molecule has 1 atom stereocenters. The van der Waals surface area contributed by atoms with E-state index in [-0.39, 0.29) is 11.8 Å². The molecule has 2 aromatic heterocycles. The SMILES string of the molecule is CN(C)Cc1nnc([C@@H]2CCCN(C(=O)CCCn3cccn3)C2)n1C. The molecule has 0 bridgehead atoms. The zero-order chi connectivity index (χ0) is 18.5. The molecule has 1 aliphatic rings. The Morgan fingerprint density at radius 1 is 1.35 bits per heavy atom. The minimum Gasteiger partial charge on any atom is -0.342 e. The van der Waals surface area contributed by atoms with Crippen molar-refractivity contribution in [3.05, 3.63) is 30.1 Å². The van der Waals surface area contributed by atoms with Gasteiger partial charge in [-0.2, -0.15) is 5.10 Å². The number of amides is 1. The van der Waals surface area contributed by atoms with Gasteiger partial charge in [0.1, 0.15) is 11.6 Å². The van der Waals surface area contributed by atoms with Gasteiger partial charge in [0.05, 0.1) is 6.54 Å². The lowest BCUT2D eigenvalue weighted by Gasteiger charge is -2.32. The maximum absolute atomic E-state index is 12.6. The fraction of sp³-hybridized carbons (Fsp3) is 0.667. The van der Waals surface area contributed by atoms with Crippen molar-refractivity contribution in [3.63, 3.8) is 0 Å². The van der Waals surface area contributed by atoms with Crippen LogP contribution in [0, 0.1) is 0 Å². The quantitative estimate of drug-likeness (QED) is 0.744. The second-order valence-corrected chi connectivity index (χ2v) is 7.32. The lowest BCUT2D eigenvalue weighted by atomic mass is 9.96. The van der Waals surface area contributed by atoms with Crippen LogP contribution in [-0.2, 0) is 24.9 Å². The Kier molecular flexibility index (Phi) is 6.03. The normalized spacial score (nSPS) is 17.8. The minimum atomic E-state index is 0.234. The Morgan fingerprint density at radius 2 is 2.19 bits per heavy atom. The summed E-state index contributed by atoms with van der Waals surface area (Å²) >= 11 is 0. The third-order valence-electron chi connectivity index (χ3n) is 4.93. The van der Waals surface area contributed by atoms with Crippen molar-refractivity contribution >= 4 is 5.91 Å². The first-order valence-corrected chi connectivity index (χ1v) is 9.32. The predicted molar refractivity (Wildman–Crippen MR) is 98.4 cm³/mol. The maximum Gasteiger partial charge on any atom is 0.222 e. The molecule has 26 heavy (non-hydrogen) atoms. The molecule has 2 aromatic rings. The van der Waals surface area contributed by atoms with E-state index < -0.39 is 0 Å². The van der Waals surface area contributed by atoms with E-state index in [4.69, 9.17) is 0 Å². The monoisotopic (exact) mass is 359 g/mol. The van der Waals surface area contributed by atoms with E-state index in [1.807, 2.05) is 43.0 Å². The first kappa shape index (κ1) is 18.6. The van der Waals surface area contributed by atoms with E-state index in [0.29, 0.717) is 6.42 Å². The molecule has 142 valence electrons. The molecule has 0 N–H and O–H groups in total. The molecular formula is C18H29N7O. The van der Waals surface area contributed by atoms with Gasteiger partial charge in [0.2, 0.25) is 5.91 Å². The van der Waals surface area contributed by atoms with Crippen LogP contribution in [0.4, 0.5) is 0 Å². The molecule has 1 fully saturated rings. The van der Waals surface area contributed by atoms with Gasteiger partial charge in [-0.25, -0.2) is 0 Å². The Bertz CT molecular complexity index is 707. The highest BCUT2D eigenvalue weighted by atomic mass is 16.2. The van der Waals surface area contributed by atoms with Gasteiger partial charge in [-0.3, -0.25) is 9.48 Å². The van der Waals surface area contributed by atoms with E-state index in [1.54, 1.807) is 6.20 Å². The Morgan fingerprint density at radius 3 is 2.92 bits per heavy atom. The van der Waals surface area contributed by atoms with Crippen molar-refractivity contribution in [1.82, 2.24) is 34.3 Å². The van der Waals surface area contributed by atoms with Gasteiger partial charge in [0.25, 0.3) is 0 Å². The molecule has 0 saturated carbocycles. The van der Waals surface area contributed by atoms with Crippen molar-refractivity contribution < 1.29 is 4.79 Å². The van der Waals surface area contributed by atoms with Gasteiger partial charge in [-0.05, 0) is 39.4 Å². The minimum absolute atomic E-state index is 0.234. The number of carbonyl (C=O) groups is 1. The van der Waals surface area contributed by atoms with Crippen molar-refractivity contribution in [2.24, 2.45) is 7.05 Å². The Labute approximate surface area is 154 Å². The van der Waals surface area contributed by atoms with Crippen LogP contribution >= 0.6 is 0 Å². The number of hydrogen-bond acceptors (Lipinski definition) is 5. The van der Waals surface area contributed by atoms with Gasteiger partial charge in [0, 0.05) is 51.4 Å². The standard InChI is InChI=1S/C18H29N7O/c1-22(2)14-16-20-21-18(23(16)3)15-7-4-10-24(13-15)17(26)8-5-11-25-12-6-9-19-25/h6,9,12,15H,4-5,7-8,10-11,13-14H2,1-3H3/t15-/m1/s1. The molecule has 0 unspecified atom stereocenters. The second kappa shape index (κ2) is 8.44.